The van der Waals surface area contributed by atoms with E-state index >= 15 is 0 Å². The normalized spacial score (nSPS) is 14.0. The number of hydrogen-bond acceptors (Lipinski definition) is 6. The average molecular weight is 498 g/mol. The maximum absolute atomic E-state index is 13.2. The van der Waals surface area contributed by atoms with E-state index in [1.54, 1.807) is 12.1 Å². The number of aliphatic hydroxyl groups is 1. The molecule has 34 heavy (non-hydrogen) atoms. The topological polar surface area (TPSA) is 109 Å². The molecule has 8 nitrogen and oxygen atoms in total. The highest BCUT2D eigenvalue weighted by Crippen LogP contribution is 2.34. The summed E-state index contributed by atoms with van der Waals surface area (Å²) in [7, 11) is -4.41. The Kier molecular flexibility index (Phi) is 6.56. The van der Waals surface area contributed by atoms with E-state index in [1.807, 2.05) is 0 Å². The molecule has 4 rings (SSSR count). The number of nitrogens with one attached hydrogen (secondary N) is 1. The van der Waals surface area contributed by atoms with Crippen LogP contribution in [0.15, 0.2) is 52.2 Å². The first kappa shape index (κ1) is 24.0. The van der Waals surface area contributed by atoms with E-state index in [9.17, 15) is 31.5 Å². The van der Waals surface area contributed by atoms with E-state index in [2.05, 4.69) is 4.98 Å². The quantitative estimate of drug-likeness (QED) is 0.519. The van der Waals surface area contributed by atoms with Gasteiger partial charge in [-0.3, -0.25) is 4.79 Å². The second-order valence-electron chi connectivity index (χ2n) is 7.65. The Labute approximate surface area is 192 Å². The van der Waals surface area contributed by atoms with Crippen molar-refractivity contribution in [2.45, 2.75) is 24.0 Å². The minimum absolute atomic E-state index is 0.0301. The summed E-state index contributed by atoms with van der Waals surface area (Å²) in [5.74, 6) is 0.948. The summed E-state index contributed by atoms with van der Waals surface area (Å²) in [6.45, 7) is -0.217. The lowest BCUT2D eigenvalue weighted by Gasteiger charge is -2.23. The molecule has 0 unspecified atom stereocenters. The van der Waals surface area contributed by atoms with Crippen LogP contribution in [0.3, 0.4) is 0 Å². The van der Waals surface area contributed by atoms with Crippen molar-refractivity contribution in [3.8, 4) is 11.5 Å². The maximum Gasteiger partial charge on any atom is 0.416 e. The number of aliphatic hydroxyl groups excluding tert-OH is 1. The number of rotatable bonds is 7. The van der Waals surface area contributed by atoms with Gasteiger partial charge in [-0.15, -0.1) is 0 Å². The minimum Gasteiger partial charge on any atom is -0.486 e. The Balaban J connectivity index is 1.72. The summed E-state index contributed by atoms with van der Waals surface area (Å²) in [4.78, 5) is 14.8. The Morgan fingerprint density at radius 1 is 1.06 bits per heavy atom. The molecule has 12 heteroatoms. The van der Waals surface area contributed by atoms with Crippen LogP contribution in [-0.2, 0) is 22.7 Å². The number of nitrogens with zero attached hydrogens (tertiary/aromatic N) is 1. The molecule has 182 valence electrons. The zero-order chi connectivity index (χ0) is 24.5. The number of H-pyrrole nitrogens is 1. The minimum atomic E-state index is -4.72. The van der Waals surface area contributed by atoms with Gasteiger partial charge in [-0.2, -0.15) is 17.5 Å². The van der Waals surface area contributed by atoms with Crippen molar-refractivity contribution >= 4 is 20.9 Å². The summed E-state index contributed by atoms with van der Waals surface area (Å²) < 4.78 is 77.7. The standard InChI is InChI=1S/C22H21F3N2O6S/c23-22(24,25)16-3-1-4-17(11-16)34(30,31)27(5-2-6-28)13-15-9-14-10-19-20(33-8-7-32-19)12-18(14)26-21(15)29/h1,3-4,9-12,28H,2,5-8,13H2,(H,26,29). The van der Waals surface area contributed by atoms with Crippen molar-refractivity contribution in [1.82, 2.24) is 9.29 Å². The van der Waals surface area contributed by atoms with Gasteiger partial charge in [-0.05, 0) is 36.8 Å². The number of pyridine rings is 1. The van der Waals surface area contributed by atoms with Gasteiger partial charge in [0.25, 0.3) is 5.56 Å². The monoisotopic (exact) mass is 498 g/mol. The Morgan fingerprint density at radius 2 is 1.76 bits per heavy atom. The van der Waals surface area contributed by atoms with Gasteiger partial charge in [0.15, 0.2) is 11.5 Å². The molecule has 1 aromatic heterocycles. The van der Waals surface area contributed by atoms with Crippen LogP contribution in [0.25, 0.3) is 10.9 Å². The van der Waals surface area contributed by atoms with Crippen LogP contribution in [-0.4, -0.2) is 49.2 Å². The molecule has 0 spiro atoms. The number of alkyl halides is 3. The van der Waals surface area contributed by atoms with E-state index in [-0.39, 0.29) is 25.1 Å². The smallest absolute Gasteiger partial charge is 0.416 e. The fraction of sp³-hybridized carbons (Fsp3) is 0.318. The molecule has 2 N–H and O–H groups in total. The Morgan fingerprint density at radius 3 is 2.44 bits per heavy atom. The molecule has 0 radical (unpaired) electrons. The van der Waals surface area contributed by atoms with Gasteiger partial charge in [0.05, 0.1) is 16.0 Å². The van der Waals surface area contributed by atoms with Crippen molar-refractivity contribution in [1.29, 1.82) is 0 Å². The van der Waals surface area contributed by atoms with Gasteiger partial charge in [-0.25, -0.2) is 8.42 Å². The average Bonchev–Trinajstić information content (AvgIpc) is 2.80. The van der Waals surface area contributed by atoms with Crippen LogP contribution in [0.5, 0.6) is 11.5 Å². The Bertz CT molecular complexity index is 1370. The first-order chi connectivity index (χ1) is 16.1. The summed E-state index contributed by atoms with van der Waals surface area (Å²) in [5.41, 5.74) is -1.12. The fourth-order valence-electron chi connectivity index (χ4n) is 3.61. The molecule has 2 heterocycles. The van der Waals surface area contributed by atoms with Crippen molar-refractivity contribution in [3.05, 3.63) is 63.9 Å². The summed E-state index contributed by atoms with van der Waals surface area (Å²) in [6.07, 6.45) is -4.69. The van der Waals surface area contributed by atoms with Crippen molar-refractivity contribution in [2.24, 2.45) is 0 Å². The molecule has 1 aliphatic rings. The number of ether oxygens (including phenoxy) is 2. The van der Waals surface area contributed by atoms with Crippen LogP contribution >= 0.6 is 0 Å². The van der Waals surface area contributed by atoms with Crippen LogP contribution < -0.4 is 15.0 Å². The zero-order valence-corrected chi connectivity index (χ0v) is 18.6. The third kappa shape index (κ3) is 4.88. The van der Waals surface area contributed by atoms with Gasteiger partial charge in [0.1, 0.15) is 13.2 Å². The highest BCUT2D eigenvalue weighted by atomic mass is 32.2. The SMILES string of the molecule is O=c1[nH]c2cc3c(cc2cc1CN(CCCO)S(=O)(=O)c1cccc(C(F)(F)F)c1)OCCO3. The number of aromatic nitrogens is 1. The predicted octanol–water partition coefficient (Wildman–Crippen LogP) is 2.89. The number of aromatic amines is 1. The predicted molar refractivity (Wildman–Crippen MR) is 116 cm³/mol. The van der Waals surface area contributed by atoms with Crippen LogP contribution in [0.2, 0.25) is 0 Å². The molecule has 3 aromatic rings. The number of sulfonamides is 1. The molecule has 1 aliphatic heterocycles. The lowest BCUT2D eigenvalue weighted by Crippen LogP contribution is -2.34. The van der Waals surface area contributed by atoms with E-state index in [0.717, 1.165) is 22.5 Å². The maximum atomic E-state index is 13.2. The van der Waals surface area contributed by atoms with Gasteiger partial charge < -0.3 is 19.6 Å². The van der Waals surface area contributed by atoms with Gasteiger partial charge >= 0.3 is 6.18 Å². The second kappa shape index (κ2) is 9.28. The fourth-order valence-corrected chi connectivity index (χ4v) is 5.11. The molecule has 0 amide bonds. The lowest BCUT2D eigenvalue weighted by molar-refractivity contribution is -0.137. The van der Waals surface area contributed by atoms with Crippen molar-refractivity contribution in [3.63, 3.8) is 0 Å². The molecule has 0 saturated heterocycles. The molecule has 0 saturated carbocycles. The second-order valence-corrected chi connectivity index (χ2v) is 9.59. The number of hydrogen-bond donors (Lipinski definition) is 2. The highest BCUT2D eigenvalue weighted by Gasteiger charge is 2.33. The molecule has 0 fully saturated rings. The first-order valence-corrected chi connectivity index (χ1v) is 11.8. The van der Waals surface area contributed by atoms with Gasteiger partial charge in [0.2, 0.25) is 10.0 Å². The van der Waals surface area contributed by atoms with Crippen molar-refractivity contribution in [2.75, 3.05) is 26.4 Å². The molecule has 2 aromatic carbocycles. The third-order valence-corrected chi connectivity index (χ3v) is 7.14. The Hall–Kier alpha value is -3.09. The molecular formula is C22H21F3N2O6S. The van der Waals surface area contributed by atoms with Gasteiger partial charge in [0, 0.05) is 36.7 Å². The van der Waals surface area contributed by atoms with E-state index < -0.39 is 38.8 Å². The van der Waals surface area contributed by atoms with E-state index in [0.29, 0.717) is 41.7 Å². The largest absolute Gasteiger partial charge is 0.486 e. The number of fused-ring (bicyclic) bond motifs is 2. The van der Waals surface area contributed by atoms with Crippen LogP contribution in [0, 0.1) is 0 Å². The first-order valence-electron chi connectivity index (χ1n) is 10.3. The van der Waals surface area contributed by atoms with Gasteiger partial charge in [-0.1, -0.05) is 6.07 Å². The van der Waals surface area contributed by atoms with Crippen LogP contribution in [0.1, 0.15) is 17.5 Å². The van der Waals surface area contributed by atoms with Crippen molar-refractivity contribution < 1.29 is 36.2 Å². The number of benzene rings is 2. The molecule has 0 bridgehead atoms. The van der Waals surface area contributed by atoms with Crippen LogP contribution in [0.4, 0.5) is 13.2 Å². The van der Waals surface area contributed by atoms with E-state index in [1.165, 1.54) is 6.07 Å². The summed E-state index contributed by atoms with van der Waals surface area (Å²) in [6, 6.07) is 8.16. The third-order valence-electron chi connectivity index (χ3n) is 5.30. The lowest BCUT2D eigenvalue weighted by atomic mass is 10.1. The summed E-state index contributed by atoms with van der Waals surface area (Å²) >= 11 is 0. The highest BCUT2D eigenvalue weighted by molar-refractivity contribution is 7.89. The number of halogens is 3. The van der Waals surface area contributed by atoms with E-state index in [4.69, 9.17) is 9.47 Å². The summed E-state index contributed by atoms with van der Waals surface area (Å²) in [5, 5.41) is 9.78. The molecule has 0 aliphatic carbocycles. The molecular weight excluding hydrogens is 477 g/mol. The zero-order valence-electron chi connectivity index (χ0n) is 17.8. The molecule has 0 atom stereocenters.